The fraction of sp³-hybridized carbons (Fsp3) is 0.214. The second-order valence-corrected chi connectivity index (χ2v) is 4.33. The first-order valence-electron chi connectivity index (χ1n) is 6.20. The van der Waals surface area contributed by atoms with Crippen LogP contribution in [0.3, 0.4) is 0 Å². The summed E-state index contributed by atoms with van der Waals surface area (Å²) in [6, 6.07) is 9.06. The van der Waals surface area contributed by atoms with E-state index in [1.165, 1.54) is 10.9 Å². The summed E-state index contributed by atoms with van der Waals surface area (Å²) in [5, 5.41) is 11.8. The van der Waals surface area contributed by atoms with Crippen LogP contribution in [0.4, 0.5) is 0 Å². The predicted octanol–water partition coefficient (Wildman–Crippen LogP) is 0.619. The van der Waals surface area contributed by atoms with Crippen LogP contribution in [0.2, 0.25) is 0 Å². The number of aliphatic carboxylic acids is 1. The summed E-state index contributed by atoms with van der Waals surface area (Å²) >= 11 is 0. The molecule has 1 aromatic carbocycles. The van der Waals surface area contributed by atoms with Gasteiger partial charge in [-0.2, -0.15) is 0 Å². The fourth-order valence-electron chi connectivity index (χ4n) is 1.64. The highest BCUT2D eigenvalue weighted by Gasteiger charge is 2.20. The van der Waals surface area contributed by atoms with Gasteiger partial charge in [-0.1, -0.05) is 18.2 Å². The Bertz CT molecular complexity index is 590. The monoisotopic (exact) mass is 291 g/mol. The number of rotatable bonds is 4. The van der Waals surface area contributed by atoms with Crippen molar-refractivity contribution < 1.29 is 19.5 Å². The number of hydrogen-bond donors (Lipinski definition) is 4. The van der Waals surface area contributed by atoms with Crippen LogP contribution in [0, 0.1) is 0 Å². The van der Waals surface area contributed by atoms with Crippen LogP contribution in [0.25, 0.3) is 10.9 Å². The van der Waals surface area contributed by atoms with Crippen molar-refractivity contribution in [2.24, 2.45) is 5.73 Å². The number of fused-ring (bicyclic) bond motifs is 1. The van der Waals surface area contributed by atoms with Gasteiger partial charge in [0.2, 0.25) is 11.8 Å². The highest BCUT2D eigenvalue weighted by Crippen LogP contribution is 2.09. The molecule has 0 unspecified atom stereocenters. The number of carboxylic acids is 1. The van der Waals surface area contributed by atoms with Crippen molar-refractivity contribution in [2.45, 2.75) is 19.4 Å². The molecule has 2 aromatic rings. The van der Waals surface area contributed by atoms with E-state index in [-0.39, 0.29) is 0 Å². The SMILES string of the molecule is CC(=O)N[C@@H](CC(N)=O)C(=O)O.c1ccc2[nH]ccc2c1. The van der Waals surface area contributed by atoms with Gasteiger partial charge < -0.3 is 21.1 Å². The minimum absolute atomic E-state index is 0.394. The highest BCUT2D eigenvalue weighted by atomic mass is 16.4. The van der Waals surface area contributed by atoms with E-state index in [2.05, 4.69) is 28.5 Å². The van der Waals surface area contributed by atoms with Gasteiger partial charge in [0.05, 0.1) is 6.42 Å². The minimum Gasteiger partial charge on any atom is -0.480 e. The van der Waals surface area contributed by atoms with Gasteiger partial charge in [-0.15, -0.1) is 0 Å². The van der Waals surface area contributed by atoms with E-state index in [4.69, 9.17) is 10.8 Å². The van der Waals surface area contributed by atoms with Crippen molar-refractivity contribution in [1.29, 1.82) is 0 Å². The zero-order valence-electron chi connectivity index (χ0n) is 11.5. The third-order valence-electron chi connectivity index (χ3n) is 2.54. The Morgan fingerprint density at radius 1 is 1.29 bits per heavy atom. The van der Waals surface area contributed by atoms with Crippen molar-refractivity contribution >= 4 is 28.7 Å². The molecule has 1 atom stereocenters. The Morgan fingerprint density at radius 2 is 1.95 bits per heavy atom. The van der Waals surface area contributed by atoms with E-state index in [1.807, 2.05) is 18.3 Å². The van der Waals surface area contributed by atoms with E-state index in [0.717, 1.165) is 6.92 Å². The smallest absolute Gasteiger partial charge is 0.326 e. The van der Waals surface area contributed by atoms with Gasteiger partial charge in [-0.05, 0) is 17.5 Å². The van der Waals surface area contributed by atoms with Crippen molar-refractivity contribution in [3.05, 3.63) is 36.5 Å². The molecule has 0 aliphatic rings. The number of benzene rings is 1. The molecule has 0 radical (unpaired) electrons. The number of carbonyl (C=O) groups is 3. The molecule has 0 spiro atoms. The molecule has 0 fully saturated rings. The van der Waals surface area contributed by atoms with Crippen molar-refractivity contribution in [1.82, 2.24) is 10.3 Å². The zero-order chi connectivity index (χ0) is 15.8. The zero-order valence-corrected chi connectivity index (χ0v) is 11.5. The molecule has 0 aliphatic heterocycles. The molecule has 0 aliphatic carbocycles. The Balaban J connectivity index is 0.000000216. The van der Waals surface area contributed by atoms with Crippen LogP contribution >= 0.6 is 0 Å². The molecule has 0 bridgehead atoms. The number of amides is 2. The topological polar surface area (TPSA) is 125 Å². The van der Waals surface area contributed by atoms with E-state index >= 15 is 0 Å². The molecule has 21 heavy (non-hydrogen) atoms. The summed E-state index contributed by atoms with van der Waals surface area (Å²) in [4.78, 5) is 34.2. The standard InChI is InChI=1S/C8H7N.C6H10N2O4/c1-2-4-8-7(3-1)5-6-9-8;1-3(9)8-4(6(11)12)2-5(7)10/h1-6,9H;4H,2H2,1H3,(H2,7,10)(H,8,9)(H,11,12)/t;4-/m.0/s1. The average Bonchev–Trinajstić information content (AvgIpc) is 2.85. The van der Waals surface area contributed by atoms with Gasteiger partial charge >= 0.3 is 5.97 Å². The molecule has 5 N–H and O–H groups in total. The first-order chi connectivity index (χ1) is 9.90. The lowest BCUT2D eigenvalue weighted by molar-refractivity contribution is -0.143. The second-order valence-electron chi connectivity index (χ2n) is 4.33. The van der Waals surface area contributed by atoms with Crippen molar-refractivity contribution in [3.8, 4) is 0 Å². The first-order valence-corrected chi connectivity index (χ1v) is 6.20. The van der Waals surface area contributed by atoms with E-state index < -0.39 is 30.2 Å². The van der Waals surface area contributed by atoms with Gasteiger partial charge in [0.15, 0.2) is 0 Å². The summed E-state index contributed by atoms with van der Waals surface area (Å²) in [5.41, 5.74) is 5.96. The molecule has 1 aromatic heterocycles. The Labute approximate surface area is 121 Å². The van der Waals surface area contributed by atoms with Gasteiger partial charge in [0.1, 0.15) is 6.04 Å². The largest absolute Gasteiger partial charge is 0.480 e. The molecule has 7 heteroatoms. The molecule has 1 heterocycles. The second kappa shape index (κ2) is 7.68. The lowest BCUT2D eigenvalue weighted by Crippen LogP contribution is -2.42. The highest BCUT2D eigenvalue weighted by molar-refractivity contribution is 5.87. The number of carbonyl (C=O) groups excluding carboxylic acids is 2. The molecule has 2 rings (SSSR count). The van der Waals surface area contributed by atoms with Crippen LogP contribution in [0.5, 0.6) is 0 Å². The predicted molar refractivity (Wildman–Crippen MR) is 77.4 cm³/mol. The van der Waals surface area contributed by atoms with E-state index in [9.17, 15) is 14.4 Å². The normalized spacial score (nSPS) is 11.1. The lowest BCUT2D eigenvalue weighted by atomic mass is 10.2. The van der Waals surface area contributed by atoms with E-state index in [0.29, 0.717) is 0 Å². The van der Waals surface area contributed by atoms with Crippen LogP contribution in [0.15, 0.2) is 36.5 Å². The summed E-state index contributed by atoms with van der Waals surface area (Å²) in [7, 11) is 0. The summed E-state index contributed by atoms with van der Waals surface area (Å²) in [5.74, 6) is -2.55. The van der Waals surface area contributed by atoms with Crippen LogP contribution < -0.4 is 11.1 Å². The molecular formula is C14H17N3O4. The van der Waals surface area contributed by atoms with Gasteiger partial charge in [0.25, 0.3) is 0 Å². The van der Waals surface area contributed by atoms with Gasteiger partial charge in [0, 0.05) is 18.6 Å². The molecule has 7 nitrogen and oxygen atoms in total. The number of primary amides is 1. The maximum Gasteiger partial charge on any atom is 0.326 e. The number of nitrogens with one attached hydrogen (secondary N) is 2. The third kappa shape index (κ3) is 5.77. The summed E-state index contributed by atoms with van der Waals surface area (Å²) in [6.07, 6.45) is 1.56. The molecule has 112 valence electrons. The van der Waals surface area contributed by atoms with Crippen LogP contribution in [-0.4, -0.2) is 33.9 Å². The average molecular weight is 291 g/mol. The van der Waals surface area contributed by atoms with Crippen LogP contribution in [-0.2, 0) is 14.4 Å². The third-order valence-corrected chi connectivity index (χ3v) is 2.54. The summed E-state index contributed by atoms with van der Waals surface area (Å²) in [6.45, 7) is 1.16. The number of hydrogen-bond acceptors (Lipinski definition) is 3. The van der Waals surface area contributed by atoms with Gasteiger partial charge in [-0.3, -0.25) is 9.59 Å². The number of nitrogens with two attached hydrogens (primary N) is 1. The first kappa shape index (κ1) is 16.2. The maximum atomic E-state index is 10.4. The number of H-pyrrole nitrogens is 1. The van der Waals surface area contributed by atoms with E-state index in [1.54, 1.807) is 0 Å². The number of aromatic amines is 1. The van der Waals surface area contributed by atoms with Crippen molar-refractivity contribution in [2.75, 3.05) is 0 Å². The fourth-order valence-corrected chi connectivity index (χ4v) is 1.64. The quantitative estimate of drug-likeness (QED) is 0.658. The molecule has 2 amide bonds. The molecule has 0 saturated heterocycles. The molecular weight excluding hydrogens is 274 g/mol. The number of para-hydroxylation sites is 1. The van der Waals surface area contributed by atoms with Crippen LogP contribution in [0.1, 0.15) is 13.3 Å². The lowest BCUT2D eigenvalue weighted by Gasteiger charge is -2.09. The van der Waals surface area contributed by atoms with Gasteiger partial charge in [-0.25, -0.2) is 4.79 Å². The van der Waals surface area contributed by atoms with Crippen molar-refractivity contribution in [3.63, 3.8) is 0 Å². The number of aromatic nitrogens is 1. The maximum absolute atomic E-state index is 10.4. The Kier molecular flexibility index (Phi) is 5.94. The minimum atomic E-state index is -1.27. The molecule has 0 saturated carbocycles. The Hall–Kier alpha value is -2.83. The summed E-state index contributed by atoms with van der Waals surface area (Å²) < 4.78 is 0. The number of carboxylic acid groups (broad SMARTS) is 1. The Morgan fingerprint density at radius 3 is 2.48 bits per heavy atom.